The van der Waals surface area contributed by atoms with Gasteiger partial charge in [-0.25, -0.2) is 8.42 Å². The fourth-order valence-electron chi connectivity index (χ4n) is 2.18. The van der Waals surface area contributed by atoms with Crippen LogP contribution in [0.2, 0.25) is 0 Å². The highest BCUT2D eigenvalue weighted by Crippen LogP contribution is 2.16. The maximum absolute atomic E-state index is 12.3. The van der Waals surface area contributed by atoms with Crippen molar-refractivity contribution in [3.8, 4) is 5.75 Å². The Morgan fingerprint density at radius 1 is 1.35 bits per heavy atom. The summed E-state index contributed by atoms with van der Waals surface area (Å²) in [6.45, 7) is 0.926. The van der Waals surface area contributed by atoms with Gasteiger partial charge in [0.05, 0.1) is 31.8 Å². The number of nitrogens with zero attached hydrogens (tertiary/aromatic N) is 1. The van der Waals surface area contributed by atoms with Crippen LogP contribution in [0.1, 0.15) is 0 Å². The van der Waals surface area contributed by atoms with Crippen LogP contribution in [0.4, 0.5) is 0 Å². The Balaban J connectivity index is 2.10. The molecule has 0 aromatic heterocycles. The van der Waals surface area contributed by atoms with Gasteiger partial charge >= 0.3 is 0 Å². The van der Waals surface area contributed by atoms with Gasteiger partial charge in [-0.05, 0) is 24.3 Å². The Bertz CT molecular complexity index is 625. The lowest BCUT2D eigenvalue weighted by Crippen LogP contribution is -2.53. The number of aliphatic hydroxyl groups excluding tert-OH is 1. The predicted octanol–water partition coefficient (Wildman–Crippen LogP) is -0.807. The van der Waals surface area contributed by atoms with E-state index in [2.05, 4.69) is 4.72 Å². The summed E-state index contributed by atoms with van der Waals surface area (Å²) in [5.74, 6) is 0.0555. The minimum absolute atomic E-state index is 0.00784. The van der Waals surface area contributed by atoms with E-state index < -0.39 is 28.6 Å². The lowest BCUT2D eigenvalue weighted by Gasteiger charge is -2.30. The van der Waals surface area contributed by atoms with Crippen LogP contribution in [0.25, 0.3) is 0 Å². The maximum atomic E-state index is 12.3. The molecule has 1 aliphatic rings. The Morgan fingerprint density at radius 2 is 1.96 bits per heavy atom. The molecule has 1 saturated heterocycles. The van der Waals surface area contributed by atoms with Crippen LogP contribution in [-0.4, -0.2) is 70.4 Å². The zero-order valence-electron chi connectivity index (χ0n) is 12.8. The number of carbonyl (C=O) groups is 1. The van der Waals surface area contributed by atoms with Crippen molar-refractivity contribution in [1.82, 2.24) is 9.62 Å². The highest BCUT2D eigenvalue weighted by molar-refractivity contribution is 7.89. The molecule has 9 heteroatoms. The second-order valence-corrected chi connectivity index (χ2v) is 6.68. The SMILES string of the molecule is COc1ccc(S(=O)(=O)NC(CO)C(=O)N2CCOCC2)cc1. The minimum Gasteiger partial charge on any atom is -0.497 e. The summed E-state index contributed by atoms with van der Waals surface area (Å²) in [7, 11) is -2.45. The van der Waals surface area contributed by atoms with Crippen molar-refractivity contribution in [2.24, 2.45) is 0 Å². The number of rotatable bonds is 6. The summed E-state index contributed by atoms with van der Waals surface area (Å²) in [5.41, 5.74) is 0. The number of nitrogens with one attached hydrogen (secondary N) is 1. The fourth-order valence-corrected chi connectivity index (χ4v) is 3.36. The molecule has 1 unspecified atom stereocenters. The van der Waals surface area contributed by atoms with E-state index in [1.807, 2.05) is 0 Å². The summed E-state index contributed by atoms with van der Waals surface area (Å²) in [4.78, 5) is 13.8. The van der Waals surface area contributed by atoms with Crippen LogP contribution in [0.5, 0.6) is 5.75 Å². The summed E-state index contributed by atoms with van der Waals surface area (Å²) < 4.78 is 37.0. The van der Waals surface area contributed by atoms with E-state index in [0.717, 1.165) is 0 Å². The molecule has 1 aliphatic heterocycles. The molecule has 23 heavy (non-hydrogen) atoms. The minimum atomic E-state index is -3.92. The first-order valence-electron chi connectivity index (χ1n) is 7.11. The third-order valence-corrected chi connectivity index (χ3v) is 4.96. The van der Waals surface area contributed by atoms with Gasteiger partial charge < -0.3 is 19.5 Å². The first-order valence-corrected chi connectivity index (χ1v) is 8.60. The molecular weight excluding hydrogens is 324 g/mol. The van der Waals surface area contributed by atoms with Crippen molar-refractivity contribution in [2.75, 3.05) is 40.0 Å². The van der Waals surface area contributed by atoms with Gasteiger partial charge in [0.1, 0.15) is 11.8 Å². The van der Waals surface area contributed by atoms with Gasteiger partial charge in [-0.15, -0.1) is 0 Å². The smallest absolute Gasteiger partial charge is 0.243 e. The standard InChI is InChI=1S/C14H20N2O6S/c1-21-11-2-4-12(5-3-11)23(19,20)15-13(10-17)14(18)16-6-8-22-9-7-16/h2-5,13,15,17H,6-10H2,1H3. The normalized spacial score (nSPS) is 16.9. The lowest BCUT2D eigenvalue weighted by molar-refractivity contribution is -0.137. The second-order valence-electron chi connectivity index (χ2n) is 4.97. The number of methoxy groups -OCH3 is 1. The number of amides is 1. The molecule has 1 atom stereocenters. The molecule has 1 aromatic carbocycles. The van der Waals surface area contributed by atoms with Crippen LogP contribution in [0.15, 0.2) is 29.2 Å². The Morgan fingerprint density at radius 3 is 2.48 bits per heavy atom. The second kappa shape index (κ2) is 7.73. The lowest BCUT2D eigenvalue weighted by atomic mass is 10.2. The van der Waals surface area contributed by atoms with Gasteiger partial charge in [-0.1, -0.05) is 0 Å². The molecule has 2 N–H and O–H groups in total. The molecule has 0 aliphatic carbocycles. The topological polar surface area (TPSA) is 105 Å². The van der Waals surface area contributed by atoms with Crippen molar-refractivity contribution in [1.29, 1.82) is 0 Å². The highest BCUT2D eigenvalue weighted by atomic mass is 32.2. The Hall–Kier alpha value is -1.68. The van der Waals surface area contributed by atoms with Crippen molar-refractivity contribution >= 4 is 15.9 Å². The van der Waals surface area contributed by atoms with Gasteiger partial charge in [-0.3, -0.25) is 4.79 Å². The van der Waals surface area contributed by atoms with Gasteiger partial charge in [0.15, 0.2) is 0 Å². The number of hydrogen-bond acceptors (Lipinski definition) is 6. The summed E-state index contributed by atoms with van der Waals surface area (Å²) in [5, 5.41) is 9.39. The quantitative estimate of drug-likeness (QED) is 0.699. The van der Waals surface area contributed by atoms with Gasteiger partial charge in [0.25, 0.3) is 0 Å². The number of sulfonamides is 1. The van der Waals surface area contributed by atoms with Crippen molar-refractivity contribution in [2.45, 2.75) is 10.9 Å². The van der Waals surface area contributed by atoms with Crippen molar-refractivity contribution < 1.29 is 27.8 Å². The average molecular weight is 344 g/mol. The molecular formula is C14H20N2O6S. The van der Waals surface area contributed by atoms with E-state index >= 15 is 0 Å². The first-order chi connectivity index (χ1) is 11.0. The van der Waals surface area contributed by atoms with E-state index in [0.29, 0.717) is 32.1 Å². The molecule has 1 fully saturated rings. The Labute approximate surface area is 135 Å². The summed E-state index contributed by atoms with van der Waals surface area (Å²) >= 11 is 0. The van der Waals surface area contributed by atoms with Gasteiger partial charge in [0, 0.05) is 13.1 Å². The number of aliphatic hydroxyl groups is 1. The van der Waals surface area contributed by atoms with Crippen molar-refractivity contribution in [3.05, 3.63) is 24.3 Å². The summed E-state index contributed by atoms with van der Waals surface area (Å²) in [6.07, 6.45) is 0. The van der Waals surface area contributed by atoms with E-state index in [1.165, 1.54) is 36.3 Å². The molecule has 0 bridgehead atoms. The molecule has 2 rings (SSSR count). The van der Waals surface area contributed by atoms with Crippen LogP contribution >= 0.6 is 0 Å². The molecule has 1 aromatic rings. The van der Waals surface area contributed by atoms with E-state index in [9.17, 15) is 18.3 Å². The van der Waals surface area contributed by atoms with Crippen LogP contribution in [-0.2, 0) is 19.6 Å². The molecule has 0 saturated carbocycles. The van der Waals surface area contributed by atoms with Crippen LogP contribution in [0.3, 0.4) is 0 Å². The first kappa shape index (κ1) is 17.7. The average Bonchev–Trinajstić information content (AvgIpc) is 2.60. The third-order valence-electron chi connectivity index (χ3n) is 3.47. The largest absolute Gasteiger partial charge is 0.497 e. The van der Waals surface area contributed by atoms with E-state index in [4.69, 9.17) is 9.47 Å². The van der Waals surface area contributed by atoms with Crippen LogP contribution in [0, 0.1) is 0 Å². The van der Waals surface area contributed by atoms with E-state index in [1.54, 1.807) is 0 Å². The zero-order chi connectivity index (χ0) is 16.9. The van der Waals surface area contributed by atoms with Crippen molar-refractivity contribution in [3.63, 3.8) is 0 Å². The highest BCUT2D eigenvalue weighted by Gasteiger charge is 2.29. The third kappa shape index (κ3) is 4.41. The number of carbonyl (C=O) groups excluding carboxylic acids is 1. The molecule has 8 nitrogen and oxygen atoms in total. The maximum Gasteiger partial charge on any atom is 0.243 e. The molecule has 0 spiro atoms. The van der Waals surface area contributed by atoms with Gasteiger partial charge in [0.2, 0.25) is 15.9 Å². The number of hydrogen-bond donors (Lipinski definition) is 2. The number of ether oxygens (including phenoxy) is 2. The molecule has 0 radical (unpaired) electrons. The molecule has 1 amide bonds. The van der Waals surface area contributed by atoms with Crippen LogP contribution < -0.4 is 9.46 Å². The predicted molar refractivity (Wildman–Crippen MR) is 81.6 cm³/mol. The fraction of sp³-hybridized carbons (Fsp3) is 0.500. The van der Waals surface area contributed by atoms with Gasteiger partial charge in [-0.2, -0.15) is 4.72 Å². The summed E-state index contributed by atoms with van der Waals surface area (Å²) in [6, 6.07) is 4.53. The van der Waals surface area contributed by atoms with E-state index in [-0.39, 0.29) is 4.90 Å². The molecule has 128 valence electrons. The monoisotopic (exact) mass is 344 g/mol. The molecule has 1 heterocycles. The Kier molecular flexibility index (Phi) is 5.94. The number of benzene rings is 1. The zero-order valence-corrected chi connectivity index (χ0v) is 13.6. The number of morpholine rings is 1.